The summed E-state index contributed by atoms with van der Waals surface area (Å²) in [6.07, 6.45) is 0.0660. The van der Waals surface area contributed by atoms with Crippen molar-refractivity contribution in [2.75, 3.05) is 6.54 Å². The van der Waals surface area contributed by atoms with Gasteiger partial charge in [0.15, 0.2) is 0 Å². The highest BCUT2D eigenvalue weighted by Gasteiger charge is 2.18. The normalized spacial score (nSPS) is 16.3. The summed E-state index contributed by atoms with van der Waals surface area (Å²) >= 11 is 0. The van der Waals surface area contributed by atoms with E-state index >= 15 is 0 Å². The summed E-state index contributed by atoms with van der Waals surface area (Å²) < 4.78 is 26.7. The van der Waals surface area contributed by atoms with Crippen LogP contribution in [0.4, 0.5) is 8.78 Å². The van der Waals surface area contributed by atoms with E-state index in [9.17, 15) is 13.9 Å². The zero-order valence-electron chi connectivity index (χ0n) is 10.7. The maximum Gasteiger partial charge on any atom is 0.128 e. The Morgan fingerprint density at radius 2 is 2.00 bits per heavy atom. The molecule has 0 bridgehead atoms. The Labute approximate surface area is 106 Å². The van der Waals surface area contributed by atoms with Gasteiger partial charge in [-0.05, 0) is 38.5 Å². The van der Waals surface area contributed by atoms with Gasteiger partial charge in [0.25, 0.3) is 0 Å². The minimum atomic E-state index is -0.491. The topological polar surface area (TPSA) is 58.3 Å². The Morgan fingerprint density at radius 1 is 1.33 bits per heavy atom. The number of benzene rings is 1. The zero-order chi connectivity index (χ0) is 13.7. The Morgan fingerprint density at radius 3 is 2.56 bits per heavy atom. The fourth-order valence-corrected chi connectivity index (χ4v) is 1.99. The maximum absolute atomic E-state index is 13.6. The van der Waals surface area contributed by atoms with Gasteiger partial charge in [-0.15, -0.1) is 0 Å². The van der Waals surface area contributed by atoms with Gasteiger partial charge in [-0.25, -0.2) is 8.78 Å². The van der Waals surface area contributed by atoms with Crippen LogP contribution < -0.4 is 11.1 Å². The van der Waals surface area contributed by atoms with Crippen LogP contribution in [-0.4, -0.2) is 23.8 Å². The summed E-state index contributed by atoms with van der Waals surface area (Å²) in [4.78, 5) is 0. The molecule has 4 N–H and O–H groups in total. The molecule has 0 aliphatic carbocycles. The predicted molar refractivity (Wildman–Crippen MR) is 67.0 cm³/mol. The molecule has 1 rings (SSSR count). The monoisotopic (exact) mass is 258 g/mol. The average molecular weight is 258 g/mol. The maximum atomic E-state index is 13.6. The van der Waals surface area contributed by atoms with Crippen molar-refractivity contribution >= 4 is 0 Å². The van der Waals surface area contributed by atoms with Gasteiger partial charge in [-0.3, -0.25) is 0 Å². The molecular formula is C13H20F2N2O. The number of aliphatic hydroxyl groups is 1. The van der Waals surface area contributed by atoms with Gasteiger partial charge >= 0.3 is 0 Å². The van der Waals surface area contributed by atoms with Crippen molar-refractivity contribution < 1.29 is 13.9 Å². The molecule has 0 aromatic heterocycles. The van der Waals surface area contributed by atoms with Gasteiger partial charge in [0.1, 0.15) is 11.6 Å². The summed E-state index contributed by atoms with van der Waals surface area (Å²) in [6.45, 7) is 3.70. The third-order valence-electron chi connectivity index (χ3n) is 2.75. The van der Waals surface area contributed by atoms with E-state index in [-0.39, 0.29) is 18.2 Å². The fourth-order valence-electron chi connectivity index (χ4n) is 1.99. The van der Waals surface area contributed by atoms with Crippen LogP contribution in [0.2, 0.25) is 0 Å². The van der Waals surface area contributed by atoms with E-state index in [0.29, 0.717) is 6.42 Å². The second kappa shape index (κ2) is 6.78. The van der Waals surface area contributed by atoms with Gasteiger partial charge in [-0.1, -0.05) is 0 Å². The second-order valence-corrected chi connectivity index (χ2v) is 4.61. The number of hydrogen-bond acceptors (Lipinski definition) is 3. The minimum absolute atomic E-state index is 0.0405. The molecular weight excluding hydrogens is 238 g/mol. The lowest BCUT2D eigenvalue weighted by Gasteiger charge is -2.23. The molecule has 102 valence electrons. The zero-order valence-corrected chi connectivity index (χ0v) is 10.7. The first-order valence-corrected chi connectivity index (χ1v) is 6.03. The molecule has 18 heavy (non-hydrogen) atoms. The number of nitrogens with one attached hydrogen (secondary N) is 1. The van der Waals surface area contributed by atoms with Gasteiger partial charge < -0.3 is 16.2 Å². The molecule has 0 saturated carbocycles. The van der Waals surface area contributed by atoms with Crippen molar-refractivity contribution in [3.63, 3.8) is 0 Å². The summed E-state index contributed by atoms with van der Waals surface area (Å²) in [6, 6.07) is 2.81. The van der Waals surface area contributed by atoms with E-state index in [0.717, 1.165) is 18.2 Å². The molecule has 0 spiro atoms. The molecule has 0 aliphatic rings. The first-order valence-electron chi connectivity index (χ1n) is 6.03. The van der Waals surface area contributed by atoms with E-state index < -0.39 is 23.8 Å². The van der Waals surface area contributed by atoms with Crippen molar-refractivity contribution in [2.24, 2.45) is 5.73 Å². The van der Waals surface area contributed by atoms with Gasteiger partial charge in [0.2, 0.25) is 0 Å². The number of halogens is 2. The number of aliphatic hydroxyl groups excluding tert-OH is 1. The molecule has 1 aromatic rings. The van der Waals surface area contributed by atoms with Crippen LogP contribution in [0.5, 0.6) is 0 Å². The molecule has 0 amide bonds. The largest absolute Gasteiger partial charge is 0.393 e. The highest BCUT2D eigenvalue weighted by Crippen LogP contribution is 2.18. The third kappa shape index (κ3) is 4.33. The summed E-state index contributed by atoms with van der Waals surface area (Å²) in [5.74, 6) is -0.974. The third-order valence-corrected chi connectivity index (χ3v) is 2.75. The molecule has 0 radical (unpaired) electrons. The quantitative estimate of drug-likeness (QED) is 0.728. The standard InChI is InChI=1S/C13H20F2N2O/c1-8(5-9(2)18)17-13(7-16)11-6-10(14)3-4-12(11)15/h3-4,6,8-9,13,17-18H,5,7,16H2,1-2H3. The van der Waals surface area contributed by atoms with Crippen LogP contribution in [0, 0.1) is 11.6 Å². The molecule has 1 aromatic carbocycles. The molecule has 0 heterocycles. The smallest absolute Gasteiger partial charge is 0.128 e. The van der Waals surface area contributed by atoms with Crippen LogP contribution in [0.15, 0.2) is 18.2 Å². The van der Waals surface area contributed by atoms with Crippen molar-refractivity contribution in [2.45, 2.75) is 38.5 Å². The van der Waals surface area contributed by atoms with E-state index in [1.54, 1.807) is 6.92 Å². The van der Waals surface area contributed by atoms with Crippen molar-refractivity contribution in [1.29, 1.82) is 0 Å². The Balaban J connectivity index is 2.79. The SMILES string of the molecule is CC(O)CC(C)NC(CN)c1cc(F)ccc1F. The molecule has 0 saturated heterocycles. The van der Waals surface area contributed by atoms with Gasteiger partial charge in [-0.2, -0.15) is 0 Å². The lowest BCUT2D eigenvalue weighted by atomic mass is 10.0. The van der Waals surface area contributed by atoms with E-state index in [2.05, 4.69) is 5.32 Å². The van der Waals surface area contributed by atoms with E-state index in [1.807, 2.05) is 6.92 Å². The highest BCUT2D eigenvalue weighted by atomic mass is 19.1. The van der Waals surface area contributed by atoms with Crippen molar-refractivity contribution in [3.8, 4) is 0 Å². The average Bonchev–Trinajstić information content (AvgIpc) is 2.28. The highest BCUT2D eigenvalue weighted by molar-refractivity contribution is 5.22. The lowest BCUT2D eigenvalue weighted by molar-refractivity contribution is 0.168. The molecule has 5 heteroatoms. The molecule has 3 nitrogen and oxygen atoms in total. The van der Waals surface area contributed by atoms with Crippen molar-refractivity contribution in [3.05, 3.63) is 35.4 Å². The molecule has 0 aliphatic heterocycles. The number of hydrogen-bond donors (Lipinski definition) is 3. The Hall–Kier alpha value is -1.04. The van der Waals surface area contributed by atoms with Gasteiger partial charge in [0.05, 0.1) is 6.10 Å². The molecule has 0 fully saturated rings. The number of rotatable bonds is 6. The number of nitrogens with two attached hydrogens (primary N) is 1. The minimum Gasteiger partial charge on any atom is -0.393 e. The summed E-state index contributed by atoms with van der Waals surface area (Å²) in [5.41, 5.74) is 5.81. The fraction of sp³-hybridized carbons (Fsp3) is 0.538. The van der Waals surface area contributed by atoms with E-state index in [4.69, 9.17) is 5.73 Å². The molecule has 3 atom stereocenters. The lowest BCUT2D eigenvalue weighted by Crippen LogP contribution is -2.37. The second-order valence-electron chi connectivity index (χ2n) is 4.61. The Bertz CT molecular complexity index is 385. The van der Waals surface area contributed by atoms with Crippen LogP contribution in [-0.2, 0) is 0 Å². The summed E-state index contributed by atoms with van der Waals surface area (Å²) in [5, 5.41) is 12.4. The van der Waals surface area contributed by atoms with Gasteiger partial charge in [0, 0.05) is 24.2 Å². The van der Waals surface area contributed by atoms with Crippen LogP contribution >= 0.6 is 0 Å². The van der Waals surface area contributed by atoms with Crippen LogP contribution in [0.1, 0.15) is 31.9 Å². The van der Waals surface area contributed by atoms with E-state index in [1.165, 1.54) is 0 Å². The summed E-state index contributed by atoms with van der Waals surface area (Å²) in [7, 11) is 0. The Kier molecular flexibility index (Phi) is 5.65. The first kappa shape index (κ1) is 15.0. The van der Waals surface area contributed by atoms with Crippen LogP contribution in [0.25, 0.3) is 0 Å². The predicted octanol–water partition coefficient (Wildman–Crippen LogP) is 1.71. The van der Waals surface area contributed by atoms with Crippen LogP contribution in [0.3, 0.4) is 0 Å². The van der Waals surface area contributed by atoms with Crippen molar-refractivity contribution in [1.82, 2.24) is 5.32 Å². The molecule has 3 unspecified atom stereocenters. The first-order chi connectivity index (χ1) is 8.43.